The van der Waals surface area contributed by atoms with Gasteiger partial charge in [0.1, 0.15) is 5.01 Å². The zero-order valence-corrected chi connectivity index (χ0v) is 13.7. The second-order valence-corrected chi connectivity index (χ2v) is 7.17. The summed E-state index contributed by atoms with van der Waals surface area (Å²) in [7, 11) is 0. The van der Waals surface area contributed by atoms with E-state index >= 15 is 0 Å². The molecule has 21 heavy (non-hydrogen) atoms. The van der Waals surface area contributed by atoms with E-state index in [1.54, 1.807) is 0 Å². The first-order valence-electron chi connectivity index (χ1n) is 7.61. The number of hydrogen-bond acceptors (Lipinski definition) is 4. The van der Waals surface area contributed by atoms with Crippen molar-refractivity contribution in [3.63, 3.8) is 0 Å². The van der Waals surface area contributed by atoms with E-state index < -0.39 is 0 Å². The van der Waals surface area contributed by atoms with Crippen molar-refractivity contribution >= 4 is 11.3 Å². The highest BCUT2D eigenvalue weighted by molar-refractivity contribution is 7.11. The molecule has 4 heteroatoms. The van der Waals surface area contributed by atoms with Crippen LogP contribution in [-0.4, -0.2) is 29.0 Å². The number of aryl methyl sites for hydroxylation is 1. The van der Waals surface area contributed by atoms with Gasteiger partial charge < -0.3 is 5.32 Å². The summed E-state index contributed by atoms with van der Waals surface area (Å²) in [5, 5.41) is 4.90. The molecular weight excluding hydrogens is 278 g/mol. The smallest absolute Gasteiger partial charge is 0.110 e. The van der Waals surface area contributed by atoms with E-state index in [0.717, 1.165) is 13.1 Å². The summed E-state index contributed by atoms with van der Waals surface area (Å²) in [5.74, 6) is 0. The van der Waals surface area contributed by atoms with Crippen molar-refractivity contribution in [3.05, 3.63) is 52.0 Å². The van der Waals surface area contributed by atoms with Crippen LogP contribution in [0.4, 0.5) is 0 Å². The fourth-order valence-electron chi connectivity index (χ4n) is 3.04. The molecule has 3 unspecified atom stereocenters. The predicted octanol–water partition coefficient (Wildman–Crippen LogP) is 3.55. The van der Waals surface area contributed by atoms with Gasteiger partial charge in [-0.3, -0.25) is 4.90 Å². The fourth-order valence-corrected chi connectivity index (χ4v) is 3.89. The quantitative estimate of drug-likeness (QED) is 0.940. The first-order chi connectivity index (χ1) is 10.1. The molecule has 3 rings (SSSR count). The van der Waals surface area contributed by atoms with Crippen molar-refractivity contribution in [1.29, 1.82) is 0 Å². The number of aromatic nitrogens is 1. The highest BCUT2D eigenvalue weighted by Crippen LogP contribution is 2.30. The van der Waals surface area contributed by atoms with Crippen molar-refractivity contribution in [3.8, 4) is 0 Å². The summed E-state index contributed by atoms with van der Waals surface area (Å²) in [6, 6.07) is 12.1. The second-order valence-electron chi connectivity index (χ2n) is 5.90. The summed E-state index contributed by atoms with van der Waals surface area (Å²) in [6.45, 7) is 8.76. The van der Waals surface area contributed by atoms with Crippen LogP contribution in [0.2, 0.25) is 0 Å². The fraction of sp³-hybridized carbons (Fsp3) is 0.471. The Labute approximate surface area is 131 Å². The molecule has 0 spiro atoms. The molecule has 1 aliphatic heterocycles. The summed E-state index contributed by atoms with van der Waals surface area (Å²) < 4.78 is 0. The van der Waals surface area contributed by atoms with Gasteiger partial charge in [0.25, 0.3) is 0 Å². The maximum Gasteiger partial charge on any atom is 0.110 e. The Kier molecular flexibility index (Phi) is 4.38. The van der Waals surface area contributed by atoms with Crippen molar-refractivity contribution in [2.24, 2.45) is 0 Å². The van der Waals surface area contributed by atoms with E-state index in [2.05, 4.69) is 66.3 Å². The molecule has 1 saturated heterocycles. The standard InChI is InChI=1S/C17H23N3S/c1-12-9-18-16(15-7-5-4-6-8-15)11-20(12)14(3)17-19-10-13(2)21-17/h4-8,10,12,14,16,18H,9,11H2,1-3H3. The summed E-state index contributed by atoms with van der Waals surface area (Å²) >= 11 is 1.82. The Morgan fingerprint density at radius 3 is 2.76 bits per heavy atom. The maximum absolute atomic E-state index is 4.58. The number of nitrogens with zero attached hydrogens (tertiary/aromatic N) is 2. The first-order valence-corrected chi connectivity index (χ1v) is 8.43. The Balaban J connectivity index is 1.77. The molecule has 0 saturated carbocycles. The minimum atomic E-state index is 0.381. The van der Waals surface area contributed by atoms with Crippen molar-refractivity contribution in [2.75, 3.05) is 13.1 Å². The lowest BCUT2D eigenvalue weighted by Gasteiger charge is -2.41. The van der Waals surface area contributed by atoms with Gasteiger partial charge in [-0.15, -0.1) is 11.3 Å². The molecule has 2 heterocycles. The zero-order chi connectivity index (χ0) is 14.8. The van der Waals surface area contributed by atoms with Crippen LogP contribution >= 0.6 is 11.3 Å². The average Bonchev–Trinajstić information content (AvgIpc) is 2.94. The lowest BCUT2D eigenvalue weighted by molar-refractivity contribution is 0.0986. The van der Waals surface area contributed by atoms with Crippen molar-refractivity contribution in [2.45, 2.75) is 38.9 Å². The number of benzene rings is 1. The van der Waals surface area contributed by atoms with Gasteiger partial charge in [-0.1, -0.05) is 30.3 Å². The van der Waals surface area contributed by atoms with Gasteiger partial charge in [0.05, 0.1) is 6.04 Å². The van der Waals surface area contributed by atoms with E-state index in [4.69, 9.17) is 0 Å². The van der Waals surface area contributed by atoms with Crippen LogP contribution in [0.1, 0.15) is 41.4 Å². The summed E-state index contributed by atoms with van der Waals surface area (Å²) in [6.07, 6.45) is 1.98. The molecule has 0 amide bonds. The second kappa shape index (κ2) is 6.26. The number of nitrogens with one attached hydrogen (secondary N) is 1. The highest BCUT2D eigenvalue weighted by atomic mass is 32.1. The Morgan fingerprint density at radius 2 is 2.10 bits per heavy atom. The third-order valence-corrected chi connectivity index (χ3v) is 5.40. The first kappa shape index (κ1) is 14.7. The van der Waals surface area contributed by atoms with Crippen LogP contribution in [-0.2, 0) is 0 Å². The average molecular weight is 301 g/mol. The third kappa shape index (κ3) is 3.18. The molecule has 1 fully saturated rings. The van der Waals surface area contributed by atoms with Crippen LogP contribution in [0.25, 0.3) is 0 Å². The molecule has 1 aliphatic rings. The molecule has 1 aromatic carbocycles. The molecule has 1 aromatic heterocycles. The topological polar surface area (TPSA) is 28.2 Å². The SMILES string of the molecule is Cc1cnc(C(C)N2CC(c3ccccc3)NCC2C)s1. The Bertz CT molecular complexity index is 581. The van der Waals surface area contributed by atoms with Crippen LogP contribution in [0.3, 0.4) is 0 Å². The zero-order valence-electron chi connectivity index (χ0n) is 12.9. The van der Waals surface area contributed by atoms with E-state index in [0.29, 0.717) is 18.1 Å². The van der Waals surface area contributed by atoms with Gasteiger partial charge in [-0.05, 0) is 26.3 Å². The molecule has 112 valence electrons. The number of hydrogen-bond donors (Lipinski definition) is 1. The van der Waals surface area contributed by atoms with E-state index in [9.17, 15) is 0 Å². The molecule has 1 N–H and O–H groups in total. The summed E-state index contributed by atoms with van der Waals surface area (Å²) in [5.41, 5.74) is 1.37. The van der Waals surface area contributed by atoms with Crippen molar-refractivity contribution in [1.82, 2.24) is 15.2 Å². The molecule has 0 bridgehead atoms. The van der Waals surface area contributed by atoms with Gasteiger partial charge in [0.2, 0.25) is 0 Å². The maximum atomic E-state index is 4.58. The lowest BCUT2D eigenvalue weighted by Crippen LogP contribution is -2.52. The largest absolute Gasteiger partial charge is 0.307 e. The molecule has 0 radical (unpaired) electrons. The van der Waals surface area contributed by atoms with E-state index in [1.807, 2.05) is 17.5 Å². The molecule has 0 aliphatic carbocycles. The van der Waals surface area contributed by atoms with Gasteiger partial charge in [-0.2, -0.15) is 0 Å². The van der Waals surface area contributed by atoms with Gasteiger partial charge in [0, 0.05) is 36.2 Å². The minimum Gasteiger partial charge on any atom is -0.307 e. The number of piperazine rings is 1. The lowest BCUT2D eigenvalue weighted by atomic mass is 10.0. The predicted molar refractivity (Wildman–Crippen MR) is 88.6 cm³/mol. The highest BCUT2D eigenvalue weighted by Gasteiger charge is 2.30. The number of rotatable bonds is 3. The monoisotopic (exact) mass is 301 g/mol. The van der Waals surface area contributed by atoms with Gasteiger partial charge >= 0.3 is 0 Å². The van der Waals surface area contributed by atoms with Gasteiger partial charge in [0.15, 0.2) is 0 Å². The molecular formula is C17H23N3S. The van der Waals surface area contributed by atoms with E-state index in [-0.39, 0.29) is 0 Å². The third-order valence-electron chi connectivity index (χ3n) is 4.32. The van der Waals surface area contributed by atoms with Crippen LogP contribution in [0.5, 0.6) is 0 Å². The van der Waals surface area contributed by atoms with E-state index in [1.165, 1.54) is 15.4 Å². The van der Waals surface area contributed by atoms with Crippen LogP contribution in [0.15, 0.2) is 36.5 Å². The molecule has 3 atom stereocenters. The molecule has 3 nitrogen and oxygen atoms in total. The van der Waals surface area contributed by atoms with Gasteiger partial charge in [-0.25, -0.2) is 4.98 Å². The van der Waals surface area contributed by atoms with Crippen LogP contribution < -0.4 is 5.32 Å². The molecule has 2 aromatic rings. The Hall–Kier alpha value is -1.23. The normalized spacial score (nSPS) is 24.9. The number of thiazole rings is 1. The van der Waals surface area contributed by atoms with Crippen LogP contribution in [0, 0.1) is 6.92 Å². The Morgan fingerprint density at radius 1 is 1.33 bits per heavy atom. The van der Waals surface area contributed by atoms with Crippen molar-refractivity contribution < 1.29 is 0 Å². The minimum absolute atomic E-state index is 0.381. The summed E-state index contributed by atoms with van der Waals surface area (Å²) in [4.78, 5) is 8.45.